The molecular formula is C37H44BrF3N11O4P. The van der Waals surface area contributed by atoms with Crippen molar-refractivity contribution in [1.82, 2.24) is 39.5 Å². The summed E-state index contributed by atoms with van der Waals surface area (Å²) in [5.74, 6) is -1.20. The third kappa shape index (κ3) is 10.0. The Balaban J connectivity index is 0.000000719. The van der Waals surface area contributed by atoms with Crippen LogP contribution in [-0.4, -0.2) is 130 Å². The Kier molecular flexibility index (Phi) is 12.7. The highest BCUT2D eigenvalue weighted by Gasteiger charge is 2.38. The maximum absolute atomic E-state index is 13.5. The van der Waals surface area contributed by atoms with E-state index in [2.05, 4.69) is 80.5 Å². The lowest BCUT2D eigenvalue weighted by atomic mass is 9.98. The Morgan fingerprint density at radius 1 is 0.965 bits per heavy atom. The second kappa shape index (κ2) is 17.3. The molecule has 20 heteroatoms. The molecule has 0 radical (unpaired) electrons. The van der Waals surface area contributed by atoms with Gasteiger partial charge in [-0.05, 0) is 67.3 Å². The van der Waals surface area contributed by atoms with E-state index in [-0.39, 0.29) is 0 Å². The smallest absolute Gasteiger partial charge is 0.490 e. The number of rotatable bonds is 9. The van der Waals surface area contributed by atoms with Crippen molar-refractivity contribution in [3.63, 3.8) is 0 Å². The van der Waals surface area contributed by atoms with Crippen molar-refractivity contribution >= 4 is 74.2 Å². The summed E-state index contributed by atoms with van der Waals surface area (Å²) in [4.78, 5) is 34.8. The maximum Gasteiger partial charge on any atom is 0.490 e. The van der Waals surface area contributed by atoms with Crippen LogP contribution >= 0.6 is 23.1 Å². The van der Waals surface area contributed by atoms with Crippen LogP contribution in [-0.2, 0) is 16.4 Å². The molecule has 3 N–H and O–H groups in total. The van der Waals surface area contributed by atoms with Gasteiger partial charge in [-0.2, -0.15) is 23.3 Å². The summed E-state index contributed by atoms with van der Waals surface area (Å²) in [6, 6.07) is 8.55. The summed E-state index contributed by atoms with van der Waals surface area (Å²) in [7, 11) is 3.06. The third-order valence-electron chi connectivity index (χ3n) is 9.83. The number of ether oxygens (including phenoxy) is 1. The normalized spacial score (nSPS) is 15.9. The van der Waals surface area contributed by atoms with Gasteiger partial charge >= 0.3 is 12.1 Å². The SMILES string of the molecule is COc1cc(N2CCC(N3CCN(C)CC3)CC2)c(-c2cnn(C)c2)cc1Nc1ncc(Br)c(Nc2ccc3nccnc3c2P(C)(C)=O)n1.O=C(O)C(F)(F)F. The molecule has 5 heterocycles. The number of aromatic nitrogens is 6. The van der Waals surface area contributed by atoms with Crippen LogP contribution in [0.2, 0.25) is 0 Å². The number of hydrogen-bond acceptors (Lipinski definition) is 13. The first-order valence-corrected chi connectivity index (χ1v) is 21.5. The number of fused-ring (bicyclic) bond motifs is 1. The van der Waals surface area contributed by atoms with Gasteiger partial charge in [-0.1, -0.05) is 0 Å². The standard InChI is InChI=1S/C35H43BrN11O2P.C2HF3O2/c1-44-14-16-46(17-15-44)24-8-12-47(13-9-24)30-19-31(49-3)29(18-25(30)23-20-40-45(2)22-23)42-35-39-21-26(36)34(43-35)41-28-7-6-27-32(38-11-10-37-27)33(28)50(4,5)48;3-2(4,5)1(6)7/h6-7,10-11,18-22,24H,8-9,12-17H2,1-5H3,(H2,39,41,42,43);(H,6,7). The number of carbonyl (C=O) groups is 1. The molecule has 2 aliphatic heterocycles. The molecule has 2 saturated heterocycles. The number of aliphatic carboxylic acids is 1. The van der Waals surface area contributed by atoms with Crippen molar-refractivity contribution in [2.45, 2.75) is 25.1 Å². The van der Waals surface area contributed by atoms with Crippen molar-refractivity contribution < 1.29 is 32.4 Å². The molecule has 57 heavy (non-hydrogen) atoms. The van der Waals surface area contributed by atoms with E-state index >= 15 is 0 Å². The van der Waals surface area contributed by atoms with Crippen LogP contribution in [0.1, 0.15) is 12.8 Å². The number of hydrogen-bond donors (Lipinski definition) is 3. The fourth-order valence-electron chi connectivity index (χ4n) is 6.98. The average Bonchev–Trinajstić information content (AvgIpc) is 3.61. The molecule has 0 saturated carbocycles. The zero-order valence-corrected chi connectivity index (χ0v) is 34.6. The van der Waals surface area contributed by atoms with Gasteiger partial charge in [-0.25, -0.2) is 9.78 Å². The highest BCUT2D eigenvalue weighted by molar-refractivity contribution is 9.10. The van der Waals surface area contributed by atoms with E-state index in [1.54, 1.807) is 39.0 Å². The van der Waals surface area contributed by atoms with Crippen molar-refractivity contribution in [3.05, 3.63) is 59.7 Å². The zero-order chi connectivity index (χ0) is 41.1. The molecular weight excluding hydrogens is 830 g/mol. The molecule has 0 spiro atoms. The number of likely N-dealkylation sites (N-methyl/N-ethyl adjacent to an activating group) is 1. The average molecular weight is 875 g/mol. The summed E-state index contributed by atoms with van der Waals surface area (Å²) in [6.45, 7) is 9.95. The highest BCUT2D eigenvalue weighted by atomic mass is 79.9. The maximum atomic E-state index is 13.5. The summed E-state index contributed by atoms with van der Waals surface area (Å²) in [5, 5.41) is 19.0. The van der Waals surface area contributed by atoms with Crippen LogP contribution in [0.5, 0.6) is 5.75 Å². The number of nitrogens with one attached hydrogen (secondary N) is 2. The molecule has 7 rings (SSSR count). The summed E-state index contributed by atoms with van der Waals surface area (Å²) in [5.41, 5.74) is 5.85. The second-order valence-electron chi connectivity index (χ2n) is 14.2. The van der Waals surface area contributed by atoms with Crippen LogP contribution in [0, 0.1) is 0 Å². The Morgan fingerprint density at radius 3 is 2.26 bits per heavy atom. The molecule has 0 bridgehead atoms. The van der Waals surface area contributed by atoms with Crippen LogP contribution in [0.4, 0.5) is 42.0 Å². The number of carboxylic acids is 1. The van der Waals surface area contributed by atoms with E-state index in [1.807, 2.05) is 36.3 Å². The number of alkyl halides is 3. The van der Waals surface area contributed by atoms with Gasteiger partial charge in [0.15, 0.2) is 0 Å². The number of piperazine rings is 1. The van der Waals surface area contributed by atoms with Gasteiger partial charge in [0, 0.05) is 100 Å². The largest absolute Gasteiger partial charge is 0.494 e. The lowest BCUT2D eigenvalue weighted by Crippen LogP contribution is -2.52. The number of benzene rings is 2. The molecule has 0 amide bonds. The molecule has 2 aliphatic rings. The Morgan fingerprint density at radius 2 is 1.65 bits per heavy atom. The molecule has 15 nitrogen and oxygen atoms in total. The quantitative estimate of drug-likeness (QED) is 0.144. The molecule has 2 aromatic carbocycles. The van der Waals surface area contributed by atoms with Gasteiger partial charge < -0.3 is 34.8 Å². The number of aryl methyl sites for hydroxylation is 1. The summed E-state index contributed by atoms with van der Waals surface area (Å²) >= 11 is 3.60. The van der Waals surface area contributed by atoms with Crippen molar-refractivity contribution in [2.75, 3.05) is 82.3 Å². The highest BCUT2D eigenvalue weighted by Crippen LogP contribution is 2.43. The molecule has 304 valence electrons. The monoisotopic (exact) mass is 873 g/mol. The van der Waals surface area contributed by atoms with Crippen LogP contribution in [0.25, 0.3) is 22.2 Å². The third-order valence-corrected chi connectivity index (χ3v) is 11.9. The fraction of sp³-hybridized carbons (Fsp3) is 0.405. The van der Waals surface area contributed by atoms with Crippen molar-refractivity contribution in [3.8, 4) is 16.9 Å². The predicted octanol–water partition coefficient (Wildman–Crippen LogP) is 6.18. The van der Waals surface area contributed by atoms with E-state index in [4.69, 9.17) is 19.6 Å². The van der Waals surface area contributed by atoms with E-state index in [1.165, 1.54) is 0 Å². The van der Waals surface area contributed by atoms with E-state index < -0.39 is 19.3 Å². The molecule has 0 atom stereocenters. The van der Waals surface area contributed by atoms with Crippen LogP contribution in [0.3, 0.4) is 0 Å². The molecule has 0 unspecified atom stereocenters. The summed E-state index contributed by atoms with van der Waals surface area (Å²) in [6.07, 6.45) is 6.03. The number of halogens is 4. The molecule has 5 aromatic rings. The Labute approximate surface area is 336 Å². The topological polar surface area (TPSA) is 167 Å². The van der Waals surface area contributed by atoms with Gasteiger partial charge in [0.05, 0.1) is 40.0 Å². The van der Waals surface area contributed by atoms with Gasteiger partial charge in [-0.3, -0.25) is 19.5 Å². The van der Waals surface area contributed by atoms with E-state index in [0.29, 0.717) is 50.1 Å². The second-order valence-corrected chi connectivity index (χ2v) is 18.2. The van der Waals surface area contributed by atoms with Gasteiger partial charge in [0.1, 0.15) is 24.2 Å². The lowest BCUT2D eigenvalue weighted by Gasteiger charge is -2.43. The minimum Gasteiger partial charge on any atom is -0.494 e. The number of piperidine rings is 1. The van der Waals surface area contributed by atoms with Crippen molar-refractivity contribution in [2.24, 2.45) is 7.05 Å². The summed E-state index contributed by atoms with van der Waals surface area (Å²) < 4.78 is 53.7. The van der Waals surface area contributed by atoms with Crippen LogP contribution in [0.15, 0.2) is 59.7 Å². The van der Waals surface area contributed by atoms with E-state index in [0.717, 1.165) is 74.6 Å². The first kappa shape index (κ1) is 41.8. The van der Waals surface area contributed by atoms with Gasteiger partial charge in [0.25, 0.3) is 0 Å². The number of anilines is 5. The minimum atomic E-state index is -5.08. The van der Waals surface area contributed by atoms with Gasteiger partial charge in [-0.15, -0.1) is 0 Å². The predicted molar refractivity (Wildman–Crippen MR) is 218 cm³/mol. The van der Waals surface area contributed by atoms with Crippen molar-refractivity contribution in [1.29, 1.82) is 0 Å². The molecule has 3 aromatic heterocycles. The zero-order valence-electron chi connectivity index (χ0n) is 32.1. The van der Waals surface area contributed by atoms with Crippen LogP contribution < -0.4 is 25.6 Å². The first-order chi connectivity index (χ1) is 27.0. The number of methoxy groups -OCH3 is 1. The Bertz CT molecular complexity index is 2270. The number of carboxylic acid groups (broad SMARTS) is 1. The minimum absolute atomic E-state index is 0.366. The van der Waals surface area contributed by atoms with E-state index in [9.17, 15) is 17.7 Å². The molecule has 0 aliphatic carbocycles. The van der Waals surface area contributed by atoms with Gasteiger partial charge in [0.2, 0.25) is 5.95 Å². The Hall–Kier alpha value is -4.84. The molecule has 2 fully saturated rings. The fourth-order valence-corrected chi connectivity index (χ4v) is 8.66. The lowest BCUT2D eigenvalue weighted by molar-refractivity contribution is -0.192. The number of nitrogens with zero attached hydrogens (tertiary/aromatic N) is 9. The first-order valence-electron chi connectivity index (χ1n) is 18.1.